The van der Waals surface area contributed by atoms with Crippen LogP contribution in [0.2, 0.25) is 0 Å². The Labute approximate surface area is 200 Å². The highest BCUT2D eigenvalue weighted by Crippen LogP contribution is 2.23. The Morgan fingerprint density at radius 3 is 2.33 bits per heavy atom. The number of amides is 1. The predicted octanol–water partition coefficient (Wildman–Crippen LogP) is 5.16. The lowest BCUT2D eigenvalue weighted by atomic mass is 9.89. The molecule has 2 aromatic carbocycles. The third-order valence-electron chi connectivity index (χ3n) is 7.64. The normalized spacial score (nSPS) is 19.8. The van der Waals surface area contributed by atoms with E-state index < -0.39 is 0 Å². The minimum Gasteiger partial charge on any atom is -0.342 e. The number of carbonyl (C=O) groups is 1. The van der Waals surface area contributed by atoms with Gasteiger partial charge in [0.25, 0.3) is 0 Å². The lowest BCUT2D eigenvalue weighted by molar-refractivity contribution is -0.132. The first kappa shape index (κ1) is 24.2. The maximum Gasteiger partial charge on any atom is 0.227 e. The third-order valence-corrected chi connectivity index (χ3v) is 7.64. The summed E-state index contributed by atoms with van der Waals surface area (Å²) in [5.41, 5.74) is 1.15. The topological polar surface area (TPSA) is 44.4 Å². The zero-order valence-electron chi connectivity index (χ0n) is 20.4. The van der Waals surface area contributed by atoms with Crippen LogP contribution in [0.1, 0.15) is 63.4 Å². The maximum atomic E-state index is 13.0. The van der Waals surface area contributed by atoms with Crippen LogP contribution in [0.15, 0.2) is 42.5 Å². The molecule has 1 aliphatic carbocycles. The number of nitrogens with zero attached hydrogens (tertiary/aromatic N) is 1. The van der Waals surface area contributed by atoms with Crippen molar-refractivity contribution in [2.75, 3.05) is 39.3 Å². The average Bonchev–Trinajstić information content (AvgIpc) is 2.86. The largest absolute Gasteiger partial charge is 0.342 e. The highest BCUT2D eigenvalue weighted by atomic mass is 16.2. The van der Waals surface area contributed by atoms with Gasteiger partial charge in [0.1, 0.15) is 0 Å². The van der Waals surface area contributed by atoms with Gasteiger partial charge in [0.2, 0.25) is 5.91 Å². The number of hydrogen-bond acceptors (Lipinski definition) is 3. The van der Waals surface area contributed by atoms with Crippen molar-refractivity contribution in [3.63, 3.8) is 0 Å². The Bertz CT molecular complexity index is 856. The fourth-order valence-electron chi connectivity index (χ4n) is 5.68. The van der Waals surface area contributed by atoms with Crippen molar-refractivity contribution in [1.82, 2.24) is 15.5 Å². The molecule has 2 aromatic rings. The summed E-state index contributed by atoms with van der Waals surface area (Å²) in [4.78, 5) is 15.2. The molecule has 0 radical (unpaired) electrons. The average molecular weight is 450 g/mol. The molecule has 2 N–H and O–H groups in total. The van der Waals surface area contributed by atoms with Crippen LogP contribution in [0.25, 0.3) is 10.8 Å². The number of piperidine rings is 1. The fraction of sp³-hybridized carbons (Fsp3) is 0.621. The van der Waals surface area contributed by atoms with E-state index in [1.165, 1.54) is 68.7 Å². The summed E-state index contributed by atoms with van der Waals surface area (Å²) in [5.74, 6) is 1.79. The van der Waals surface area contributed by atoms with Crippen LogP contribution in [0, 0.1) is 11.8 Å². The highest BCUT2D eigenvalue weighted by Gasteiger charge is 2.23. The molecule has 4 rings (SSSR count). The van der Waals surface area contributed by atoms with Crippen molar-refractivity contribution in [3.8, 4) is 0 Å². The number of nitrogens with one attached hydrogen (secondary N) is 2. The first-order chi connectivity index (χ1) is 16.3. The second-order valence-corrected chi connectivity index (χ2v) is 10.3. The van der Waals surface area contributed by atoms with Crippen LogP contribution in [0.3, 0.4) is 0 Å². The molecule has 1 unspecified atom stereocenters. The Morgan fingerprint density at radius 2 is 1.52 bits per heavy atom. The zero-order valence-corrected chi connectivity index (χ0v) is 20.4. The van der Waals surface area contributed by atoms with E-state index in [0.29, 0.717) is 12.3 Å². The molecule has 4 heteroatoms. The molecule has 0 bridgehead atoms. The van der Waals surface area contributed by atoms with Crippen LogP contribution >= 0.6 is 0 Å². The molecule has 1 heterocycles. The van der Waals surface area contributed by atoms with Gasteiger partial charge >= 0.3 is 0 Å². The molecule has 0 aromatic heterocycles. The molecule has 180 valence electrons. The van der Waals surface area contributed by atoms with Gasteiger partial charge in [-0.2, -0.15) is 0 Å². The molecule has 1 saturated heterocycles. The second kappa shape index (κ2) is 13.1. The monoisotopic (exact) mass is 449 g/mol. The molecule has 33 heavy (non-hydrogen) atoms. The maximum absolute atomic E-state index is 13.0. The van der Waals surface area contributed by atoms with E-state index >= 15 is 0 Å². The van der Waals surface area contributed by atoms with Gasteiger partial charge in [-0.1, -0.05) is 61.7 Å². The van der Waals surface area contributed by atoms with Gasteiger partial charge in [-0.15, -0.1) is 0 Å². The van der Waals surface area contributed by atoms with Crippen molar-refractivity contribution < 1.29 is 4.79 Å². The van der Waals surface area contributed by atoms with Crippen LogP contribution < -0.4 is 10.6 Å². The van der Waals surface area contributed by atoms with E-state index in [9.17, 15) is 4.79 Å². The standard InChI is InChI=1S/C29H43N3O/c33-29(20-27-15-8-14-26-13-4-5-16-28(26)27)32-19-9-12-25(23-32)22-31-18-7-6-17-30-21-24-10-2-1-3-11-24/h4-5,8,13-16,24-25,30-31H,1-3,6-7,9-12,17-23H2. The van der Waals surface area contributed by atoms with Gasteiger partial charge in [0, 0.05) is 13.1 Å². The molecular weight excluding hydrogens is 406 g/mol. The summed E-state index contributed by atoms with van der Waals surface area (Å²) in [6.07, 6.45) is 12.5. The Kier molecular flexibility index (Phi) is 9.61. The van der Waals surface area contributed by atoms with E-state index in [4.69, 9.17) is 0 Å². The summed E-state index contributed by atoms with van der Waals surface area (Å²) >= 11 is 0. The predicted molar refractivity (Wildman–Crippen MR) is 139 cm³/mol. The minimum absolute atomic E-state index is 0.278. The molecule has 1 aliphatic heterocycles. The van der Waals surface area contributed by atoms with E-state index in [1.807, 2.05) is 0 Å². The smallest absolute Gasteiger partial charge is 0.227 e. The second-order valence-electron chi connectivity index (χ2n) is 10.3. The number of likely N-dealkylation sites (tertiary alicyclic amines) is 1. The van der Waals surface area contributed by atoms with Gasteiger partial charge < -0.3 is 15.5 Å². The van der Waals surface area contributed by atoms with Gasteiger partial charge in [-0.25, -0.2) is 0 Å². The van der Waals surface area contributed by atoms with Gasteiger partial charge in [0.05, 0.1) is 6.42 Å². The summed E-state index contributed by atoms with van der Waals surface area (Å²) in [5, 5.41) is 9.76. The Morgan fingerprint density at radius 1 is 0.818 bits per heavy atom. The van der Waals surface area contributed by atoms with Crippen LogP contribution in [-0.2, 0) is 11.2 Å². The molecule has 2 fully saturated rings. The van der Waals surface area contributed by atoms with Crippen molar-refractivity contribution in [1.29, 1.82) is 0 Å². The molecular formula is C29H43N3O. The molecule has 2 aliphatic rings. The lowest BCUT2D eigenvalue weighted by Crippen LogP contribution is -2.43. The summed E-state index contributed by atoms with van der Waals surface area (Å²) in [6.45, 7) is 6.31. The number of benzene rings is 2. The number of rotatable bonds is 11. The Balaban J connectivity index is 1.11. The number of carbonyl (C=O) groups excluding carboxylic acids is 1. The molecule has 0 spiro atoms. The van der Waals surface area contributed by atoms with E-state index in [0.717, 1.165) is 50.6 Å². The van der Waals surface area contributed by atoms with E-state index in [1.54, 1.807) is 0 Å². The summed E-state index contributed by atoms with van der Waals surface area (Å²) in [7, 11) is 0. The SMILES string of the molecule is O=C(Cc1cccc2ccccc12)N1CCCC(CNCCCCNCC2CCCCC2)C1. The van der Waals surface area contributed by atoms with Crippen molar-refractivity contribution in [2.24, 2.45) is 11.8 Å². The minimum atomic E-state index is 0.278. The van der Waals surface area contributed by atoms with Crippen molar-refractivity contribution >= 4 is 16.7 Å². The van der Waals surface area contributed by atoms with Crippen LogP contribution in [0.4, 0.5) is 0 Å². The number of hydrogen-bond donors (Lipinski definition) is 2. The first-order valence-corrected chi connectivity index (χ1v) is 13.5. The van der Waals surface area contributed by atoms with Gasteiger partial charge in [0.15, 0.2) is 0 Å². The Hall–Kier alpha value is -1.91. The quantitative estimate of drug-likeness (QED) is 0.466. The lowest BCUT2D eigenvalue weighted by Gasteiger charge is -2.33. The summed E-state index contributed by atoms with van der Waals surface area (Å²) < 4.78 is 0. The van der Waals surface area contributed by atoms with E-state index in [-0.39, 0.29) is 5.91 Å². The van der Waals surface area contributed by atoms with Gasteiger partial charge in [-0.3, -0.25) is 4.79 Å². The number of unbranched alkanes of at least 4 members (excludes halogenated alkanes) is 1. The molecule has 4 nitrogen and oxygen atoms in total. The first-order valence-electron chi connectivity index (χ1n) is 13.5. The summed E-state index contributed by atoms with van der Waals surface area (Å²) in [6, 6.07) is 14.7. The van der Waals surface area contributed by atoms with Gasteiger partial charge in [-0.05, 0) is 92.9 Å². The molecule has 1 saturated carbocycles. The fourth-order valence-corrected chi connectivity index (χ4v) is 5.68. The van der Waals surface area contributed by atoms with Crippen LogP contribution in [-0.4, -0.2) is 50.1 Å². The zero-order chi connectivity index (χ0) is 22.7. The van der Waals surface area contributed by atoms with Crippen molar-refractivity contribution in [2.45, 2.75) is 64.2 Å². The van der Waals surface area contributed by atoms with Crippen LogP contribution in [0.5, 0.6) is 0 Å². The third kappa shape index (κ3) is 7.55. The molecule has 1 amide bonds. The number of fused-ring (bicyclic) bond motifs is 1. The van der Waals surface area contributed by atoms with Crippen molar-refractivity contribution in [3.05, 3.63) is 48.0 Å². The highest BCUT2D eigenvalue weighted by molar-refractivity contribution is 5.90. The van der Waals surface area contributed by atoms with E-state index in [2.05, 4.69) is 58.0 Å². The molecule has 1 atom stereocenters.